The van der Waals surface area contributed by atoms with Crippen LogP contribution in [0.3, 0.4) is 0 Å². The molecule has 4 nitrogen and oxygen atoms in total. The van der Waals surface area contributed by atoms with Gasteiger partial charge in [0, 0.05) is 22.5 Å². The maximum absolute atomic E-state index is 5.65. The lowest BCUT2D eigenvalue weighted by molar-refractivity contribution is 0.323. The molecule has 24 heavy (non-hydrogen) atoms. The minimum Gasteiger partial charge on any atom is -0.497 e. The first-order valence-corrected chi connectivity index (χ1v) is 8.69. The van der Waals surface area contributed by atoms with Gasteiger partial charge in [-0.25, -0.2) is 4.98 Å². The van der Waals surface area contributed by atoms with E-state index in [4.69, 9.17) is 14.5 Å². The molecule has 0 saturated carbocycles. The van der Waals surface area contributed by atoms with Crippen LogP contribution in [-0.4, -0.2) is 25.2 Å². The summed E-state index contributed by atoms with van der Waals surface area (Å²) in [6.07, 6.45) is 0. The SMILES string of the molecule is COc1cccc(-c2nc(-c3ccc4c(c3)NCCO4)c(C)s2)c1. The van der Waals surface area contributed by atoms with E-state index in [9.17, 15) is 0 Å². The van der Waals surface area contributed by atoms with Gasteiger partial charge in [-0.2, -0.15) is 0 Å². The monoisotopic (exact) mass is 338 g/mol. The van der Waals surface area contributed by atoms with Crippen LogP contribution in [0.5, 0.6) is 11.5 Å². The Hall–Kier alpha value is -2.53. The van der Waals surface area contributed by atoms with Gasteiger partial charge in [-0.05, 0) is 37.3 Å². The highest BCUT2D eigenvalue weighted by Crippen LogP contribution is 2.37. The molecule has 0 aliphatic carbocycles. The summed E-state index contributed by atoms with van der Waals surface area (Å²) in [5, 5.41) is 4.38. The molecule has 122 valence electrons. The smallest absolute Gasteiger partial charge is 0.142 e. The Balaban J connectivity index is 1.73. The zero-order valence-electron chi connectivity index (χ0n) is 13.6. The number of aryl methyl sites for hydroxylation is 1. The van der Waals surface area contributed by atoms with Crippen molar-refractivity contribution in [3.8, 4) is 33.3 Å². The number of fused-ring (bicyclic) bond motifs is 1. The van der Waals surface area contributed by atoms with Gasteiger partial charge in [0.05, 0.1) is 18.5 Å². The van der Waals surface area contributed by atoms with Crippen LogP contribution in [-0.2, 0) is 0 Å². The van der Waals surface area contributed by atoms with Gasteiger partial charge in [-0.15, -0.1) is 11.3 Å². The first kappa shape index (κ1) is 15.0. The third-order valence-corrected chi connectivity index (χ3v) is 5.06. The normalized spacial score (nSPS) is 12.9. The van der Waals surface area contributed by atoms with Crippen molar-refractivity contribution in [2.24, 2.45) is 0 Å². The molecule has 0 atom stereocenters. The third-order valence-electron chi connectivity index (χ3n) is 4.04. The standard InChI is InChI=1S/C19H18N2O2S/c1-12-18(13-6-7-17-16(11-13)20-8-9-23-17)21-19(24-12)14-4-3-5-15(10-14)22-2/h3-7,10-11,20H,8-9H2,1-2H3. The largest absolute Gasteiger partial charge is 0.497 e. The van der Waals surface area contributed by atoms with Crippen molar-refractivity contribution in [2.45, 2.75) is 6.92 Å². The fourth-order valence-corrected chi connectivity index (χ4v) is 3.76. The number of anilines is 1. The van der Waals surface area contributed by atoms with Crippen LogP contribution in [0, 0.1) is 6.92 Å². The molecule has 1 aromatic heterocycles. The molecule has 2 heterocycles. The van der Waals surface area contributed by atoms with Gasteiger partial charge < -0.3 is 14.8 Å². The average Bonchev–Trinajstić information content (AvgIpc) is 3.03. The summed E-state index contributed by atoms with van der Waals surface area (Å²) < 4.78 is 11.0. The van der Waals surface area contributed by atoms with Crippen molar-refractivity contribution in [1.82, 2.24) is 4.98 Å². The van der Waals surface area contributed by atoms with Crippen molar-refractivity contribution in [1.29, 1.82) is 0 Å². The number of aromatic nitrogens is 1. The summed E-state index contributed by atoms with van der Waals surface area (Å²) in [5.41, 5.74) is 4.24. The van der Waals surface area contributed by atoms with Gasteiger partial charge in [0.2, 0.25) is 0 Å². The number of nitrogens with one attached hydrogen (secondary N) is 1. The zero-order valence-corrected chi connectivity index (χ0v) is 14.4. The molecule has 0 spiro atoms. The molecule has 1 aliphatic heterocycles. The Morgan fingerprint density at radius 3 is 2.96 bits per heavy atom. The van der Waals surface area contributed by atoms with Crippen molar-refractivity contribution in [3.63, 3.8) is 0 Å². The number of nitrogens with zero attached hydrogens (tertiary/aromatic N) is 1. The number of rotatable bonds is 3. The molecule has 0 unspecified atom stereocenters. The van der Waals surface area contributed by atoms with Crippen molar-refractivity contribution in [2.75, 3.05) is 25.6 Å². The van der Waals surface area contributed by atoms with Crippen LogP contribution in [0.15, 0.2) is 42.5 Å². The molecule has 2 aromatic carbocycles. The van der Waals surface area contributed by atoms with E-state index < -0.39 is 0 Å². The fraction of sp³-hybridized carbons (Fsp3) is 0.211. The quantitative estimate of drug-likeness (QED) is 0.758. The van der Waals surface area contributed by atoms with E-state index in [0.717, 1.165) is 45.6 Å². The van der Waals surface area contributed by atoms with Crippen LogP contribution >= 0.6 is 11.3 Å². The van der Waals surface area contributed by atoms with Crippen LogP contribution in [0.1, 0.15) is 4.88 Å². The molecular weight excluding hydrogens is 320 g/mol. The summed E-state index contributed by atoms with van der Waals surface area (Å²) >= 11 is 1.70. The molecule has 1 aliphatic rings. The van der Waals surface area contributed by atoms with E-state index in [-0.39, 0.29) is 0 Å². The molecule has 0 saturated heterocycles. The summed E-state index contributed by atoms with van der Waals surface area (Å²) in [6.45, 7) is 3.66. The lowest BCUT2D eigenvalue weighted by atomic mass is 10.1. The zero-order chi connectivity index (χ0) is 16.5. The topological polar surface area (TPSA) is 43.4 Å². The summed E-state index contributed by atoms with van der Waals surface area (Å²) in [5.74, 6) is 1.75. The number of ether oxygens (including phenoxy) is 2. The number of thiazole rings is 1. The molecule has 0 radical (unpaired) electrons. The van der Waals surface area contributed by atoms with Crippen molar-refractivity contribution < 1.29 is 9.47 Å². The van der Waals surface area contributed by atoms with E-state index in [0.29, 0.717) is 6.61 Å². The molecule has 1 N–H and O–H groups in total. The van der Waals surface area contributed by atoms with E-state index in [1.807, 2.05) is 24.3 Å². The number of hydrogen-bond acceptors (Lipinski definition) is 5. The van der Waals surface area contributed by atoms with Gasteiger partial charge in [-0.1, -0.05) is 12.1 Å². The Bertz CT molecular complexity index is 889. The number of methoxy groups -OCH3 is 1. The molecule has 4 rings (SSSR count). The van der Waals surface area contributed by atoms with E-state index in [1.165, 1.54) is 4.88 Å². The molecule has 3 aromatic rings. The summed E-state index contributed by atoms with van der Waals surface area (Å²) in [4.78, 5) is 6.07. The minimum absolute atomic E-state index is 0.710. The van der Waals surface area contributed by atoms with Crippen molar-refractivity contribution >= 4 is 17.0 Å². The van der Waals surface area contributed by atoms with E-state index in [1.54, 1.807) is 18.4 Å². The molecule has 0 fully saturated rings. The van der Waals surface area contributed by atoms with Crippen LogP contribution in [0.2, 0.25) is 0 Å². The highest BCUT2D eigenvalue weighted by molar-refractivity contribution is 7.15. The van der Waals surface area contributed by atoms with Crippen LogP contribution < -0.4 is 14.8 Å². The van der Waals surface area contributed by atoms with Gasteiger partial charge in [-0.3, -0.25) is 0 Å². The maximum Gasteiger partial charge on any atom is 0.142 e. The second kappa shape index (κ2) is 6.17. The number of hydrogen-bond donors (Lipinski definition) is 1. The number of benzene rings is 2. The highest BCUT2D eigenvalue weighted by atomic mass is 32.1. The Morgan fingerprint density at radius 1 is 1.17 bits per heavy atom. The summed E-state index contributed by atoms with van der Waals surface area (Å²) in [7, 11) is 1.68. The minimum atomic E-state index is 0.710. The molecular formula is C19H18N2O2S. The lowest BCUT2D eigenvalue weighted by Crippen LogP contribution is -2.17. The predicted octanol–water partition coefficient (Wildman–Crippen LogP) is 4.60. The lowest BCUT2D eigenvalue weighted by Gasteiger charge is -2.19. The Morgan fingerprint density at radius 2 is 2.08 bits per heavy atom. The fourth-order valence-electron chi connectivity index (χ4n) is 2.83. The van der Waals surface area contributed by atoms with Crippen LogP contribution in [0.25, 0.3) is 21.8 Å². The predicted molar refractivity (Wildman–Crippen MR) is 98.3 cm³/mol. The molecule has 0 bridgehead atoms. The summed E-state index contributed by atoms with van der Waals surface area (Å²) in [6, 6.07) is 14.2. The van der Waals surface area contributed by atoms with Crippen molar-refractivity contribution in [3.05, 3.63) is 47.3 Å². The van der Waals surface area contributed by atoms with Gasteiger partial charge in [0.1, 0.15) is 23.1 Å². The van der Waals surface area contributed by atoms with Gasteiger partial charge in [0.25, 0.3) is 0 Å². The Labute approximate surface area is 145 Å². The first-order valence-electron chi connectivity index (χ1n) is 7.87. The van der Waals surface area contributed by atoms with E-state index in [2.05, 4.69) is 30.4 Å². The third kappa shape index (κ3) is 2.71. The van der Waals surface area contributed by atoms with Crippen LogP contribution in [0.4, 0.5) is 5.69 Å². The Kier molecular flexibility index (Phi) is 3.86. The van der Waals surface area contributed by atoms with Gasteiger partial charge in [0.15, 0.2) is 0 Å². The van der Waals surface area contributed by atoms with Gasteiger partial charge >= 0.3 is 0 Å². The van der Waals surface area contributed by atoms with E-state index >= 15 is 0 Å². The highest BCUT2D eigenvalue weighted by Gasteiger charge is 2.15. The maximum atomic E-state index is 5.65. The average molecular weight is 338 g/mol. The second-order valence-corrected chi connectivity index (χ2v) is 6.85. The second-order valence-electron chi connectivity index (χ2n) is 5.64. The molecule has 0 amide bonds. The molecule has 5 heteroatoms. The first-order chi connectivity index (χ1) is 11.7.